The van der Waals surface area contributed by atoms with Gasteiger partial charge in [-0.3, -0.25) is 4.79 Å². The molecule has 1 amide bonds. The fourth-order valence-corrected chi connectivity index (χ4v) is 2.03. The van der Waals surface area contributed by atoms with Crippen LogP contribution in [0.5, 0.6) is 0 Å². The molecule has 0 aliphatic rings. The molecule has 0 saturated heterocycles. The Morgan fingerprint density at radius 2 is 1.95 bits per heavy atom. The molecule has 2 rings (SSSR count). The van der Waals surface area contributed by atoms with E-state index in [1.54, 1.807) is 0 Å². The molecule has 0 spiro atoms. The van der Waals surface area contributed by atoms with Crippen LogP contribution in [0.2, 0.25) is 0 Å². The number of anilines is 1. The Bertz CT molecular complexity index is 583. The van der Waals surface area contributed by atoms with Gasteiger partial charge >= 0.3 is 0 Å². The maximum absolute atomic E-state index is 12.1. The Kier molecular flexibility index (Phi) is 4.98. The van der Waals surface area contributed by atoms with Crippen LogP contribution in [-0.2, 0) is 6.54 Å². The van der Waals surface area contributed by atoms with Crippen molar-refractivity contribution in [3.63, 3.8) is 0 Å². The zero-order valence-electron chi connectivity index (χ0n) is 12.7. The van der Waals surface area contributed by atoms with Crippen LogP contribution in [0, 0.1) is 13.8 Å². The Balaban J connectivity index is 1.94. The van der Waals surface area contributed by atoms with Crippen molar-refractivity contribution in [1.29, 1.82) is 0 Å². The lowest BCUT2D eigenvalue weighted by molar-refractivity contribution is 0.0951. The van der Waals surface area contributed by atoms with Crippen molar-refractivity contribution in [3.05, 3.63) is 46.8 Å². The van der Waals surface area contributed by atoms with E-state index in [1.165, 1.54) is 0 Å². The summed E-state index contributed by atoms with van der Waals surface area (Å²) in [5.74, 6) is 0.643. The second-order valence-corrected chi connectivity index (χ2v) is 4.99. The average molecular weight is 287 g/mol. The number of carbonyl (C=O) groups is 1. The summed E-state index contributed by atoms with van der Waals surface area (Å²) in [5, 5.41) is 10.0. The lowest BCUT2D eigenvalue weighted by Gasteiger charge is -2.07. The smallest absolute Gasteiger partial charge is 0.251 e. The molecule has 0 bridgehead atoms. The first-order valence-electron chi connectivity index (χ1n) is 7.15. The number of amides is 1. The third-order valence-corrected chi connectivity index (χ3v) is 3.33. The second-order valence-electron chi connectivity index (χ2n) is 4.99. The third-order valence-electron chi connectivity index (χ3n) is 3.33. The van der Waals surface area contributed by atoms with Crippen LogP contribution in [0.3, 0.4) is 0 Å². The Hall–Kier alpha value is -2.30. The molecule has 0 fully saturated rings. The Labute approximate surface area is 124 Å². The summed E-state index contributed by atoms with van der Waals surface area (Å²) >= 11 is 0. The van der Waals surface area contributed by atoms with Crippen molar-refractivity contribution >= 4 is 11.6 Å². The number of nitrogens with one attached hydrogen (secondary N) is 2. The van der Waals surface area contributed by atoms with E-state index in [0.29, 0.717) is 12.1 Å². The number of hydrogen-bond donors (Lipinski definition) is 2. The van der Waals surface area contributed by atoms with Crippen molar-refractivity contribution in [1.82, 2.24) is 10.5 Å². The van der Waals surface area contributed by atoms with Gasteiger partial charge in [-0.25, -0.2) is 0 Å². The van der Waals surface area contributed by atoms with E-state index in [9.17, 15) is 4.79 Å². The number of aromatic nitrogens is 1. The molecule has 2 aromatic rings. The summed E-state index contributed by atoms with van der Waals surface area (Å²) in [7, 11) is 0. The molecule has 0 atom stereocenters. The fourth-order valence-electron chi connectivity index (χ4n) is 2.03. The normalized spacial score (nSPS) is 10.4. The summed E-state index contributed by atoms with van der Waals surface area (Å²) in [6, 6.07) is 7.47. The minimum Gasteiger partial charge on any atom is -0.385 e. The monoisotopic (exact) mass is 287 g/mol. The molecule has 1 heterocycles. The molecule has 0 unspecified atom stereocenters. The second kappa shape index (κ2) is 6.92. The minimum absolute atomic E-state index is 0.1000. The summed E-state index contributed by atoms with van der Waals surface area (Å²) in [4.78, 5) is 12.1. The van der Waals surface area contributed by atoms with Gasteiger partial charge in [0, 0.05) is 29.9 Å². The van der Waals surface area contributed by atoms with Crippen LogP contribution in [-0.4, -0.2) is 17.6 Å². The summed E-state index contributed by atoms with van der Waals surface area (Å²) < 4.78 is 5.08. The van der Waals surface area contributed by atoms with Gasteiger partial charge in [0.15, 0.2) is 0 Å². The number of aryl methyl sites for hydroxylation is 2. The first kappa shape index (κ1) is 15.1. The van der Waals surface area contributed by atoms with Gasteiger partial charge in [0.2, 0.25) is 0 Å². The molecule has 0 aliphatic carbocycles. The van der Waals surface area contributed by atoms with Crippen LogP contribution in [0.25, 0.3) is 0 Å². The number of benzene rings is 1. The van der Waals surface area contributed by atoms with Gasteiger partial charge in [-0.2, -0.15) is 0 Å². The summed E-state index contributed by atoms with van der Waals surface area (Å²) in [5.41, 5.74) is 3.42. The highest BCUT2D eigenvalue weighted by atomic mass is 16.5. The van der Waals surface area contributed by atoms with Crippen LogP contribution < -0.4 is 10.6 Å². The predicted octanol–water partition coefficient (Wildman–Crippen LogP) is 3.04. The van der Waals surface area contributed by atoms with Gasteiger partial charge in [-0.1, -0.05) is 12.1 Å². The highest BCUT2D eigenvalue weighted by molar-refractivity contribution is 5.94. The molecule has 0 radical (unpaired) electrons. The van der Waals surface area contributed by atoms with Crippen LogP contribution >= 0.6 is 0 Å². The maximum atomic E-state index is 12.1. The summed E-state index contributed by atoms with van der Waals surface area (Å²) in [6.45, 7) is 7.18. The number of carbonyl (C=O) groups excluding carboxylic acids is 1. The zero-order valence-corrected chi connectivity index (χ0v) is 12.7. The SMILES string of the molecule is CCCNc1ccc(C(=O)NCc2c(C)noc2C)cc1. The van der Waals surface area contributed by atoms with E-state index < -0.39 is 0 Å². The highest BCUT2D eigenvalue weighted by Gasteiger charge is 2.11. The topological polar surface area (TPSA) is 67.2 Å². The maximum Gasteiger partial charge on any atom is 0.251 e. The molecule has 0 aliphatic heterocycles. The average Bonchev–Trinajstić information content (AvgIpc) is 2.82. The number of nitrogens with zero attached hydrogens (tertiary/aromatic N) is 1. The molecule has 112 valence electrons. The van der Waals surface area contributed by atoms with Gasteiger partial charge in [-0.15, -0.1) is 0 Å². The van der Waals surface area contributed by atoms with E-state index in [0.717, 1.165) is 35.7 Å². The predicted molar refractivity (Wildman–Crippen MR) is 82.4 cm³/mol. The fraction of sp³-hybridized carbons (Fsp3) is 0.375. The van der Waals surface area contributed by atoms with Gasteiger partial charge in [0.05, 0.1) is 5.69 Å². The lowest BCUT2D eigenvalue weighted by atomic mass is 10.1. The zero-order chi connectivity index (χ0) is 15.2. The Morgan fingerprint density at radius 3 is 2.52 bits per heavy atom. The van der Waals surface area contributed by atoms with Crippen LogP contribution in [0.15, 0.2) is 28.8 Å². The van der Waals surface area contributed by atoms with Gasteiger partial charge in [0.1, 0.15) is 5.76 Å². The minimum atomic E-state index is -0.1000. The molecular formula is C16H21N3O2. The van der Waals surface area contributed by atoms with Gasteiger partial charge in [0.25, 0.3) is 5.91 Å². The van der Waals surface area contributed by atoms with Crippen molar-refractivity contribution in [2.24, 2.45) is 0 Å². The van der Waals surface area contributed by atoms with E-state index in [1.807, 2.05) is 38.1 Å². The first-order chi connectivity index (χ1) is 10.1. The largest absolute Gasteiger partial charge is 0.385 e. The molecule has 2 N–H and O–H groups in total. The molecule has 1 aromatic carbocycles. The molecule has 5 nitrogen and oxygen atoms in total. The van der Waals surface area contributed by atoms with Crippen molar-refractivity contribution in [2.45, 2.75) is 33.7 Å². The van der Waals surface area contributed by atoms with Crippen molar-refractivity contribution in [3.8, 4) is 0 Å². The number of hydrogen-bond acceptors (Lipinski definition) is 4. The highest BCUT2D eigenvalue weighted by Crippen LogP contribution is 2.13. The van der Waals surface area contributed by atoms with Gasteiger partial charge < -0.3 is 15.2 Å². The molecular weight excluding hydrogens is 266 g/mol. The lowest BCUT2D eigenvalue weighted by Crippen LogP contribution is -2.23. The summed E-state index contributed by atoms with van der Waals surface area (Å²) in [6.07, 6.45) is 1.07. The quantitative estimate of drug-likeness (QED) is 0.857. The van der Waals surface area contributed by atoms with Crippen molar-refractivity contribution in [2.75, 3.05) is 11.9 Å². The molecule has 5 heteroatoms. The molecule has 21 heavy (non-hydrogen) atoms. The van der Waals surface area contributed by atoms with E-state index in [4.69, 9.17) is 4.52 Å². The van der Waals surface area contributed by atoms with Crippen LogP contribution in [0.1, 0.15) is 40.7 Å². The van der Waals surface area contributed by atoms with Crippen molar-refractivity contribution < 1.29 is 9.32 Å². The van der Waals surface area contributed by atoms with Gasteiger partial charge in [-0.05, 0) is 44.5 Å². The standard InChI is InChI=1S/C16H21N3O2/c1-4-9-17-14-7-5-13(6-8-14)16(20)18-10-15-11(2)19-21-12(15)3/h5-8,17H,4,9-10H2,1-3H3,(H,18,20). The van der Waals surface area contributed by atoms with E-state index >= 15 is 0 Å². The number of rotatable bonds is 6. The Morgan fingerprint density at radius 1 is 1.24 bits per heavy atom. The van der Waals surface area contributed by atoms with Crippen LogP contribution in [0.4, 0.5) is 5.69 Å². The third kappa shape index (κ3) is 3.84. The molecule has 0 saturated carbocycles. The van der Waals surface area contributed by atoms with E-state index in [2.05, 4.69) is 22.7 Å². The molecule has 1 aromatic heterocycles. The first-order valence-corrected chi connectivity index (χ1v) is 7.15. The van der Waals surface area contributed by atoms with E-state index in [-0.39, 0.29) is 5.91 Å².